The molecule has 3 aromatic rings. The van der Waals surface area contributed by atoms with E-state index >= 15 is 0 Å². The molecule has 0 aliphatic carbocycles. The molecule has 1 aliphatic rings. The Morgan fingerprint density at radius 1 is 1.07 bits per heavy atom. The van der Waals surface area contributed by atoms with Crippen molar-refractivity contribution in [3.63, 3.8) is 0 Å². The van der Waals surface area contributed by atoms with E-state index in [1.54, 1.807) is 17.2 Å². The molecule has 7 nitrogen and oxygen atoms in total. The summed E-state index contributed by atoms with van der Waals surface area (Å²) in [6, 6.07) is 3.07. The lowest BCUT2D eigenvalue weighted by Gasteiger charge is -2.21. The van der Waals surface area contributed by atoms with Crippen LogP contribution in [0.15, 0.2) is 30.7 Å². The third-order valence-corrected chi connectivity index (χ3v) is 5.11. The molecule has 1 N–H and O–H groups in total. The molecular formula is C20H22F2N6O. The van der Waals surface area contributed by atoms with E-state index in [9.17, 15) is 13.6 Å². The molecule has 0 bridgehead atoms. The number of benzene rings is 1. The van der Waals surface area contributed by atoms with Gasteiger partial charge in [-0.05, 0) is 31.0 Å². The minimum atomic E-state index is -1.05. The molecule has 2 aromatic heterocycles. The second-order valence-electron chi connectivity index (χ2n) is 7.09. The monoisotopic (exact) mass is 400 g/mol. The highest BCUT2D eigenvalue weighted by Crippen LogP contribution is 2.25. The first-order valence-electron chi connectivity index (χ1n) is 9.78. The quantitative estimate of drug-likeness (QED) is 0.713. The number of hydrogen-bond donors (Lipinski definition) is 1. The Morgan fingerprint density at radius 2 is 1.86 bits per heavy atom. The maximum Gasteiger partial charge on any atom is 0.251 e. The molecule has 29 heavy (non-hydrogen) atoms. The summed E-state index contributed by atoms with van der Waals surface area (Å²) in [7, 11) is 0. The highest BCUT2D eigenvalue weighted by Gasteiger charge is 2.17. The second kappa shape index (κ2) is 8.50. The molecule has 1 aromatic carbocycles. The fraction of sp³-hybridized carbons (Fsp3) is 0.400. The highest BCUT2D eigenvalue weighted by molar-refractivity contribution is 5.94. The zero-order chi connectivity index (χ0) is 20.2. The van der Waals surface area contributed by atoms with E-state index in [0.29, 0.717) is 12.2 Å². The van der Waals surface area contributed by atoms with Gasteiger partial charge in [0.05, 0.1) is 18.1 Å². The number of carbonyl (C=O) groups is 1. The van der Waals surface area contributed by atoms with Crippen molar-refractivity contribution in [1.29, 1.82) is 0 Å². The van der Waals surface area contributed by atoms with Gasteiger partial charge in [-0.1, -0.05) is 12.8 Å². The number of amides is 1. The summed E-state index contributed by atoms with van der Waals surface area (Å²) in [6.45, 7) is 2.62. The molecule has 0 atom stereocenters. The van der Waals surface area contributed by atoms with Crippen LogP contribution in [0.5, 0.6) is 0 Å². The van der Waals surface area contributed by atoms with Crippen molar-refractivity contribution in [2.75, 3.05) is 24.5 Å². The molecule has 0 saturated carbocycles. The zero-order valence-electron chi connectivity index (χ0n) is 15.9. The molecule has 1 aliphatic heterocycles. The number of anilines is 1. The number of hydrogen-bond acceptors (Lipinski definition) is 5. The number of rotatable bonds is 5. The molecular weight excluding hydrogens is 378 g/mol. The number of aromatic nitrogens is 4. The van der Waals surface area contributed by atoms with E-state index in [4.69, 9.17) is 0 Å². The molecule has 0 unspecified atom stereocenters. The molecule has 3 heterocycles. The molecule has 1 fully saturated rings. The van der Waals surface area contributed by atoms with Gasteiger partial charge in [-0.15, -0.1) is 0 Å². The van der Waals surface area contributed by atoms with Crippen LogP contribution in [-0.4, -0.2) is 45.3 Å². The summed E-state index contributed by atoms with van der Waals surface area (Å²) < 4.78 is 28.0. The molecule has 9 heteroatoms. The van der Waals surface area contributed by atoms with Crippen LogP contribution in [0.4, 0.5) is 14.6 Å². The Hall–Kier alpha value is -3.10. The van der Waals surface area contributed by atoms with Crippen molar-refractivity contribution >= 4 is 22.8 Å². The van der Waals surface area contributed by atoms with E-state index in [1.165, 1.54) is 18.9 Å². The van der Waals surface area contributed by atoms with Crippen LogP contribution in [-0.2, 0) is 6.54 Å². The van der Waals surface area contributed by atoms with Crippen LogP contribution < -0.4 is 10.2 Å². The highest BCUT2D eigenvalue weighted by atomic mass is 19.2. The van der Waals surface area contributed by atoms with Crippen LogP contribution in [0.25, 0.3) is 11.0 Å². The van der Waals surface area contributed by atoms with Gasteiger partial charge in [0, 0.05) is 25.2 Å². The summed E-state index contributed by atoms with van der Waals surface area (Å²) in [4.78, 5) is 23.2. The number of carbonyl (C=O) groups excluding carboxylic acids is 1. The molecule has 152 valence electrons. The first-order chi connectivity index (χ1) is 14.1. The summed E-state index contributed by atoms with van der Waals surface area (Å²) in [6.07, 6.45) is 8.07. The summed E-state index contributed by atoms with van der Waals surface area (Å²) >= 11 is 0. The van der Waals surface area contributed by atoms with Gasteiger partial charge in [0.25, 0.3) is 5.91 Å². The molecule has 1 amide bonds. The van der Waals surface area contributed by atoms with Crippen LogP contribution >= 0.6 is 0 Å². The fourth-order valence-electron chi connectivity index (χ4n) is 3.59. The Balaban J connectivity index is 1.44. The normalized spacial score (nSPS) is 14.8. The minimum absolute atomic E-state index is 0.0694. The Kier molecular flexibility index (Phi) is 5.64. The first-order valence-corrected chi connectivity index (χ1v) is 9.78. The largest absolute Gasteiger partial charge is 0.356 e. The number of fused-ring (bicyclic) bond motifs is 1. The first kappa shape index (κ1) is 19.2. The van der Waals surface area contributed by atoms with Gasteiger partial charge in [0.2, 0.25) is 0 Å². The fourth-order valence-corrected chi connectivity index (χ4v) is 3.59. The Labute approximate surface area is 166 Å². The maximum atomic E-state index is 13.3. The van der Waals surface area contributed by atoms with Gasteiger partial charge in [-0.25, -0.2) is 23.4 Å². The predicted octanol–water partition coefficient (Wildman–Crippen LogP) is 2.91. The third kappa shape index (κ3) is 4.18. The smallest absolute Gasteiger partial charge is 0.251 e. The standard InChI is InChI=1S/C20H22F2N6O/c21-16-6-5-14(11-17(16)22)20(29)23-7-10-28-19-15(12-26-28)18(24-13-25-19)27-8-3-1-2-4-9-27/h5-6,11-13H,1-4,7-10H2,(H,23,29). The van der Waals surface area contributed by atoms with Crippen molar-refractivity contribution < 1.29 is 13.6 Å². The summed E-state index contributed by atoms with van der Waals surface area (Å²) in [5.41, 5.74) is 0.779. The van der Waals surface area contributed by atoms with Crippen LogP contribution in [0.1, 0.15) is 36.0 Å². The average Bonchev–Trinajstić information content (AvgIpc) is 2.95. The van der Waals surface area contributed by atoms with Crippen LogP contribution in [0.2, 0.25) is 0 Å². The average molecular weight is 400 g/mol. The lowest BCUT2D eigenvalue weighted by Crippen LogP contribution is -2.27. The van der Waals surface area contributed by atoms with Gasteiger partial charge in [-0.3, -0.25) is 4.79 Å². The van der Waals surface area contributed by atoms with E-state index in [-0.39, 0.29) is 12.1 Å². The van der Waals surface area contributed by atoms with Crippen molar-refractivity contribution in [3.05, 3.63) is 47.9 Å². The topological polar surface area (TPSA) is 75.9 Å². The van der Waals surface area contributed by atoms with Gasteiger partial charge in [0.15, 0.2) is 17.3 Å². The van der Waals surface area contributed by atoms with E-state index in [0.717, 1.165) is 49.3 Å². The number of nitrogens with zero attached hydrogens (tertiary/aromatic N) is 5. The Morgan fingerprint density at radius 3 is 2.62 bits per heavy atom. The maximum absolute atomic E-state index is 13.3. The number of halogens is 2. The molecule has 0 spiro atoms. The summed E-state index contributed by atoms with van der Waals surface area (Å²) in [5, 5.41) is 7.98. The van der Waals surface area contributed by atoms with Gasteiger partial charge >= 0.3 is 0 Å². The van der Waals surface area contributed by atoms with Gasteiger partial charge < -0.3 is 10.2 Å². The van der Waals surface area contributed by atoms with E-state index < -0.39 is 17.5 Å². The predicted molar refractivity (Wildman–Crippen MR) is 105 cm³/mol. The van der Waals surface area contributed by atoms with Crippen LogP contribution in [0.3, 0.4) is 0 Å². The third-order valence-electron chi connectivity index (χ3n) is 5.11. The lowest BCUT2D eigenvalue weighted by molar-refractivity contribution is 0.0951. The van der Waals surface area contributed by atoms with Crippen molar-refractivity contribution in [2.45, 2.75) is 32.2 Å². The summed E-state index contributed by atoms with van der Waals surface area (Å²) in [5.74, 6) is -1.60. The second-order valence-corrected chi connectivity index (χ2v) is 7.09. The molecule has 4 rings (SSSR count). The SMILES string of the molecule is O=C(NCCn1ncc2c(N3CCCCCC3)ncnc21)c1ccc(F)c(F)c1. The lowest BCUT2D eigenvalue weighted by atomic mass is 10.2. The zero-order valence-corrected chi connectivity index (χ0v) is 15.9. The Bertz CT molecular complexity index is 1010. The van der Waals surface area contributed by atoms with Crippen LogP contribution in [0, 0.1) is 11.6 Å². The van der Waals surface area contributed by atoms with Crippen molar-refractivity contribution in [2.24, 2.45) is 0 Å². The van der Waals surface area contributed by atoms with Crippen molar-refractivity contribution in [3.8, 4) is 0 Å². The van der Waals surface area contributed by atoms with Crippen molar-refractivity contribution in [1.82, 2.24) is 25.1 Å². The van der Waals surface area contributed by atoms with Gasteiger partial charge in [-0.2, -0.15) is 5.10 Å². The van der Waals surface area contributed by atoms with E-state index in [2.05, 4.69) is 25.3 Å². The van der Waals surface area contributed by atoms with E-state index in [1.807, 2.05) is 0 Å². The molecule has 0 radical (unpaired) electrons. The minimum Gasteiger partial charge on any atom is -0.356 e. The van der Waals surface area contributed by atoms with Gasteiger partial charge in [0.1, 0.15) is 12.1 Å². The number of nitrogens with one attached hydrogen (secondary N) is 1. The molecule has 1 saturated heterocycles.